The zero-order valence-corrected chi connectivity index (χ0v) is 16.8. The van der Waals surface area contributed by atoms with E-state index in [0.717, 1.165) is 36.8 Å². The van der Waals surface area contributed by atoms with Gasteiger partial charge in [0.2, 0.25) is 0 Å². The van der Waals surface area contributed by atoms with Gasteiger partial charge in [-0.05, 0) is 43.2 Å². The molecule has 0 radical (unpaired) electrons. The molecule has 0 aliphatic heterocycles. The van der Waals surface area contributed by atoms with Crippen LogP contribution in [0.4, 0.5) is 0 Å². The quantitative estimate of drug-likeness (QED) is 0.621. The number of hydrogen-bond donors (Lipinski definition) is 0. The van der Waals surface area contributed by atoms with Gasteiger partial charge in [0.25, 0.3) is 0 Å². The Labute approximate surface area is 173 Å². The van der Waals surface area contributed by atoms with Gasteiger partial charge >= 0.3 is 0 Å². The van der Waals surface area contributed by atoms with Crippen LogP contribution in [0.5, 0.6) is 0 Å². The summed E-state index contributed by atoms with van der Waals surface area (Å²) in [7, 11) is 0. The van der Waals surface area contributed by atoms with E-state index in [4.69, 9.17) is 0 Å². The Morgan fingerprint density at radius 2 is 1.03 bits per heavy atom. The Hall–Kier alpha value is -2.74. The zero-order chi connectivity index (χ0) is 20.1. The van der Waals surface area contributed by atoms with Crippen molar-refractivity contribution < 1.29 is 9.59 Å². The molecule has 0 spiro atoms. The minimum Gasteiger partial charge on any atom is -0.299 e. The van der Waals surface area contributed by atoms with E-state index in [1.807, 2.05) is 36.4 Å². The molecule has 2 unspecified atom stereocenters. The minimum atomic E-state index is -0.129. The summed E-state index contributed by atoms with van der Waals surface area (Å²) in [5, 5.41) is 0. The average molecular weight is 385 g/mol. The summed E-state index contributed by atoms with van der Waals surface area (Å²) < 4.78 is 0. The number of benzene rings is 2. The van der Waals surface area contributed by atoms with Crippen LogP contribution in [0.2, 0.25) is 0 Å². The number of Topliss-reactive ketones (excluding diaryl/α,β-unsaturated/α-hetero) is 2. The number of allylic oxidation sites excluding steroid dienone is 2. The highest BCUT2D eigenvalue weighted by atomic mass is 16.1. The van der Waals surface area contributed by atoms with Crippen LogP contribution in [0.25, 0.3) is 12.2 Å². The van der Waals surface area contributed by atoms with E-state index in [-0.39, 0.29) is 11.8 Å². The Balaban J connectivity index is 1.62. The lowest BCUT2D eigenvalue weighted by Gasteiger charge is -2.31. The van der Waals surface area contributed by atoms with Crippen molar-refractivity contribution in [1.29, 1.82) is 0 Å². The summed E-state index contributed by atoms with van der Waals surface area (Å²) in [4.78, 5) is 25.7. The maximum absolute atomic E-state index is 12.9. The maximum atomic E-state index is 12.9. The van der Waals surface area contributed by atoms with Crippen LogP contribution < -0.4 is 0 Å². The fraction of sp³-hybridized carbons (Fsp3) is 0.333. The molecule has 29 heavy (non-hydrogen) atoms. The lowest BCUT2D eigenvalue weighted by molar-refractivity contribution is -0.125. The fourth-order valence-electron chi connectivity index (χ4n) is 4.72. The third-order valence-corrected chi connectivity index (χ3v) is 6.22. The van der Waals surface area contributed by atoms with Crippen LogP contribution in [0.3, 0.4) is 0 Å². The van der Waals surface area contributed by atoms with Crippen molar-refractivity contribution in [1.82, 2.24) is 0 Å². The van der Waals surface area contributed by atoms with E-state index in [0.29, 0.717) is 30.8 Å². The smallest absolute Gasteiger partial charge is 0.140 e. The highest BCUT2D eigenvalue weighted by Crippen LogP contribution is 2.39. The number of carbonyl (C=O) groups is 2. The van der Waals surface area contributed by atoms with Crippen LogP contribution in [0.1, 0.15) is 56.1 Å². The van der Waals surface area contributed by atoms with Gasteiger partial charge in [-0.3, -0.25) is 9.59 Å². The lowest BCUT2D eigenvalue weighted by Crippen LogP contribution is -2.30. The van der Waals surface area contributed by atoms with E-state index in [2.05, 4.69) is 36.4 Å². The highest BCUT2D eigenvalue weighted by Gasteiger charge is 2.34. The van der Waals surface area contributed by atoms with Crippen molar-refractivity contribution in [3.8, 4) is 0 Å². The van der Waals surface area contributed by atoms with Crippen LogP contribution in [-0.2, 0) is 9.59 Å². The van der Waals surface area contributed by atoms with Crippen molar-refractivity contribution in [2.24, 2.45) is 11.8 Å². The zero-order valence-electron chi connectivity index (χ0n) is 16.8. The number of carbonyl (C=O) groups excluding carboxylic acids is 2. The van der Waals surface area contributed by atoms with Gasteiger partial charge in [-0.1, -0.05) is 84.0 Å². The molecule has 2 atom stereocenters. The Morgan fingerprint density at radius 1 is 0.621 bits per heavy atom. The van der Waals surface area contributed by atoms with Crippen molar-refractivity contribution in [2.75, 3.05) is 0 Å². The first-order chi connectivity index (χ1) is 14.2. The van der Waals surface area contributed by atoms with E-state index in [9.17, 15) is 9.59 Å². The fourth-order valence-corrected chi connectivity index (χ4v) is 4.72. The summed E-state index contributed by atoms with van der Waals surface area (Å²) >= 11 is 0. The highest BCUT2D eigenvalue weighted by molar-refractivity contribution is 5.90. The molecule has 2 aliphatic carbocycles. The number of rotatable bonds is 4. The molecular formula is C27H28O2. The third-order valence-electron chi connectivity index (χ3n) is 6.22. The minimum absolute atomic E-state index is 0.129. The standard InChI is InChI=1S/C27H28O2/c28-26-15-7-13-22(17-20-9-3-1-4-10-20)24(26)19-25-23(14-8-16-27(25)29)18-21-11-5-2-6-12-21/h1-6,9-12,17-18,24-25H,7-8,13-16,19H2. The molecule has 2 saturated carbocycles. The third kappa shape index (κ3) is 4.82. The normalized spacial score (nSPS) is 25.5. The van der Waals surface area contributed by atoms with Crippen molar-refractivity contribution in [2.45, 2.75) is 44.9 Å². The molecule has 0 heterocycles. The second-order valence-electron chi connectivity index (χ2n) is 8.24. The lowest BCUT2D eigenvalue weighted by atomic mass is 9.71. The van der Waals surface area contributed by atoms with Crippen LogP contribution in [0.15, 0.2) is 71.8 Å². The largest absolute Gasteiger partial charge is 0.299 e. The summed E-state index contributed by atoms with van der Waals surface area (Å²) in [5.41, 5.74) is 4.67. The molecule has 2 fully saturated rings. The molecule has 2 aromatic rings. The average Bonchev–Trinajstić information content (AvgIpc) is 2.74. The number of hydrogen-bond acceptors (Lipinski definition) is 2. The van der Waals surface area contributed by atoms with E-state index < -0.39 is 0 Å². The van der Waals surface area contributed by atoms with Crippen molar-refractivity contribution in [3.63, 3.8) is 0 Å². The molecule has 0 amide bonds. The maximum Gasteiger partial charge on any atom is 0.140 e. The van der Waals surface area contributed by atoms with Gasteiger partial charge in [0.15, 0.2) is 0 Å². The molecule has 4 rings (SSSR count). The predicted molar refractivity (Wildman–Crippen MR) is 118 cm³/mol. The van der Waals surface area contributed by atoms with Gasteiger partial charge < -0.3 is 0 Å². The van der Waals surface area contributed by atoms with Gasteiger partial charge in [0.1, 0.15) is 11.6 Å². The van der Waals surface area contributed by atoms with E-state index in [1.165, 1.54) is 11.1 Å². The van der Waals surface area contributed by atoms with Gasteiger partial charge in [0.05, 0.1) is 0 Å². The SMILES string of the molecule is O=C1CCCC(=Cc2ccccc2)C1CC1C(=O)CCCC1=Cc1ccccc1. The van der Waals surface area contributed by atoms with Gasteiger partial charge in [-0.15, -0.1) is 0 Å². The molecule has 0 aromatic heterocycles. The molecular weight excluding hydrogens is 356 g/mol. The second-order valence-corrected chi connectivity index (χ2v) is 8.24. The molecule has 0 bridgehead atoms. The van der Waals surface area contributed by atoms with Gasteiger partial charge in [0, 0.05) is 24.7 Å². The van der Waals surface area contributed by atoms with Crippen LogP contribution in [0, 0.1) is 11.8 Å². The second kappa shape index (κ2) is 9.17. The topological polar surface area (TPSA) is 34.1 Å². The van der Waals surface area contributed by atoms with Crippen molar-refractivity contribution in [3.05, 3.63) is 82.9 Å². The molecule has 0 N–H and O–H groups in total. The van der Waals surface area contributed by atoms with Crippen LogP contribution in [-0.4, -0.2) is 11.6 Å². The first-order valence-electron chi connectivity index (χ1n) is 10.8. The first-order valence-corrected chi connectivity index (χ1v) is 10.8. The first kappa shape index (κ1) is 19.6. The molecule has 148 valence electrons. The molecule has 2 heteroatoms. The Morgan fingerprint density at radius 3 is 1.45 bits per heavy atom. The summed E-state index contributed by atoms with van der Waals surface area (Å²) in [6.07, 6.45) is 9.98. The van der Waals surface area contributed by atoms with E-state index in [1.54, 1.807) is 0 Å². The molecule has 2 aromatic carbocycles. The summed E-state index contributed by atoms with van der Waals surface area (Å²) in [6, 6.07) is 20.4. The molecule has 2 nitrogen and oxygen atoms in total. The molecule has 2 aliphatic rings. The summed E-state index contributed by atoms with van der Waals surface area (Å²) in [6.45, 7) is 0. The van der Waals surface area contributed by atoms with Gasteiger partial charge in [-0.2, -0.15) is 0 Å². The monoisotopic (exact) mass is 384 g/mol. The van der Waals surface area contributed by atoms with E-state index >= 15 is 0 Å². The van der Waals surface area contributed by atoms with Crippen LogP contribution >= 0.6 is 0 Å². The Kier molecular flexibility index (Phi) is 6.19. The molecule has 0 saturated heterocycles. The number of ketones is 2. The van der Waals surface area contributed by atoms with Gasteiger partial charge in [-0.25, -0.2) is 0 Å². The van der Waals surface area contributed by atoms with Crippen molar-refractivity contribution >= 4 is 23.7 Å². The summed E-state index contributed by atoms with van der Waals surface area (Å²) in [5.74, 6) is 0.345. The predicted octanol–water partition coefficient (Wildman–Crippen LogP) is 6.28. The Bertz CT molecular complexity index is 844.